The van der Waals surface area contributed by atoms with Crippen LogP contribution in [-0.2, 0) is 13.1 Å². The first-order chi connectivity index (χ1) is 11.6. The zero-order valence-electron chi connectivity index (χ0n) is 13.4. The molecule has 6 heteroatoms. The van der Waals surface area contributed by atoms with E-state index >= 15 is 0 Å². The predicted molar refractivity (Wildman–Crippen MR) is 94.4 cm³/mol. The molecule has 1 atom stereocenters. The van der Waals surface area contributed by atoms with Crippen molar-refractivity contribution in [1.29, 1.82) is 5.41 Å². The van der Waals surface area contributed by atoms with Crippen molar-refractivity contribution >= 4 is 22.6 Å². The second kappa shape index (κ2) is 7.11. The van der Waals surface area contributed by atoms with Gasteiger partial charge < -0.3 is 19.0 Å². The average molecular weight is 346 g/mol. The fourth-order valence-electron chi connectivity index (χ4n) is 2.79. The summed E-state index contributed by atoms with van der Waals surface area (Å²) in [7, 11) is 0. The molecule has 0 spiro atoms. The molecule has 0 bridgehead atoms. The number of aliphatic hydroxyl groups excluding tert-OH is 1. The number of halogens is 1. The van der Waals surface area contributed by atoms with E-state index in [4.69, 9.17) is 21.7 Å². The number of ether oxygens (including phenoxy) is 1. The highest BCUT2D eigenvalue weighted by molar-refractivity contribution is 6.30. The van der Waals surface area contributed by atoms with Crippen molar-refractivity contribution in [2.75, 3.05) is 6.61 Å². The zero-order chi connectivity index (χ0) is 17.1. The Hall–Kier alpha value is -2.24. The molecular weight excluding hydrogens is 326 g/mol. The number of nitrogens with zero attached hydrogens (tertiary/aromatic N) is 2. The topological polar surface area (TPSA) is 63.2 Å². The van der Waals surface area contributed by atoms with Crippen LogP contribution in [0.3, 0.4) is 0 Å². The van der Waals surface area contributed by atoms with Crippen molar-refractivity contribution < 1.29 is 9.84 Å². The van der Waals surface area contributed by atoms with Crippen molar-refractivity contribution in [3.05, 3.63) is 59.2 Å². The fourth-order valence-corrected chi connectivity index (χ4v) is 2.91. The third-order valence-corrected chi connectivity index (χ3v) is 4.19. The summed E-state index contributed by atoms with van der Waals surface area (Å²) in [5, 5.41) is 19.3. The summed E-state index contributed by atoms with van der Waals surface area (Å²) < 4.78 is 9.32. The second-order valence-electron chi connectivity index (χ2n) is 5.59. The van der Waals surface area contributed by atoms with Crippen molar-refractivity contribution in [1.82, 2.24) is 9.13 Å². The summed E-state index contributed by atoms with van der Waals surface area (Å²) in [4.78, 5) is 0. The number of aromatic nitrogens is 2. The number of hydrogen-bond donors (Lipinski definition) is 2. The van der Waals surface area contributed by atoms with Gasteiger partial charge in [0.25, 0.3) is 0 Å². The van der Waals surface area contributed by atoms with Crippen molar-refractivity contribution in [2.45, 2.75) is 26.1 Å². The Balaban J connectivity index is 1.76. The zero-order valence-corrected chi connectivity index (χ0v) is 14.2. The molecule has 0 saturated carbocycles. The minimum Gasteiger partial charge on any atom is -0.491 e. The number of rotatable bonds is 6. The molecule has 2 N–H and O–H groups in total. The van der Waals surface area contributed by atoms with E-state index in [9.17, 15) is 5.11 Å². The maximum atomic E-state index is 10.3. The highest BCUT2D eigenvalue weighted by Gasteiger charge is 2.13. The molecule has 0 radical (unpaired) electrons. The fraction of sp³-hybridized carbons (Fsp3) is 0.278. The maximum Gasteiger partial charge on any atom is 0.203 e. The van der Waals surface area contributed by atoms with Gasteiger partial charge in [-0.2, -0.15) is 0 Å². The van der Waals surface area contributed by atoms with Gasteiger partial charge in [-0.1, -0.05) is 23.7 Å². The molecule has 3 rings (SSSR count). The van der Waals surface area contributed by atoms with Crippen LogP contribution in [0.15, 0.2) is 48.5 Å². The molecular formula is C18H20ClN3O2. The lowest BCUT2D eigenvalue weighted by Crippen LogP contribution is -2.31. The number of aryl methyl sites for hydroxylation is 1. The minimum absolute atomic E-state index is 0.152. The van der Waals surface area contributed by atoms with Crippen LogP contribution >= 0.6 is 11.6 Å². The molecule has 0 unspecified atom stereocenters. The van der Waals surface area contributed by atoms with Crippen LogP contribution in [0.25, 0.3) is 11.0 Å². The number of benzene rings is 2. The Kier molecular flexibility index (Phi) is 4.92. The normalized spacial score (nSPS) is 12.5. The van der Waals surface area contributed by atoms with E-state index in [2.05, 4.69) is 0 Å². The maximum absolute atomic E-state index is 10.3. The third-order valence-electron chi connectivity index (χ3n) is 3.94. The lowest BCUT2D eigenvalue weighted by Gasteiger charge is -2.13. The lowest BCUT2D eigenvalue weighted by atomic mass is 10.3. The Labute approximate surface area is 145 Å². The van der Waals surface area contributed by atoms with Gasteiger partial charge in [0.1, 0.15) is 18.5 Å². The lowest BCUT2D eigenvalue weighted by molar-refractivity contribution is 0.0921. The van der Waals surface area contributed by atoms with Crippen LogP contribution in [0.1, 0.15) is 6.92 Å². The number of fused-ring (bicyclic) bond motifs is 1. The average Bonchev–Trinajstić information content (AvgIpc) is 2.86. The van der Waals surface area contributed by atoms with E-state index in [1.54, 1.807) is 24.3 Å². The van der Waals surface area contributed by atoms with E-state index in [0.29, 0.717) is 29.5 Å². The van der Waals surface area contributed by atoms with E-state index in [1.165, 1.54) is 0 Å². The van der Waals surface area contributed by atoms with Gasteiger partial charge in [-0.15, -0.1) is 0 Å². The Bertz CT molecular complexity index is 883. The summed E-state index contributed by atoms with van der Waals surface area (Å²) >= 11 is 5.84. The van der Waals surface area contributed by atoms with Crippen molar-refractivity contribution in [3.8, 4) is 5.75 Å². The molecule has 126 valence electrons. The first-order valence-corrected chi connectivity index (χ1v) is 8.27. The summed E-state index contributed by atoms with van der Waals surface area (Å²) in [6.45, 7) is 3.18. The van der Waals surface area contributed by atoms with Crippen LogP contribution in [0.4, 0.5) is 0 Å². The molecule has 1 aromatic heterocycles. The van der Waals surface area contributed by atoms with Crippen LogP contribution in [0.2, 0.25) is 5.02 Å². The predicted octanol–water partition coefficient (Wildman–Crippen LogP) is 3.04. The first-order valence-electron chi connectivity index (χ1n) is 7.89. The molecule has 24 heavy (non-hydrogen) atoms. The second-order valence-corrected chi connectivity index (χ2v) is 6.02. The highest BCUT2D eigenvalue weighted by atomic mass is 35.5. The molecule has 0 aliphatic heterocycles. The Morgan fingerprint density at radius 3 is 2.33 bits per heavy atom. The molecule has 0 amide bonds. The van der Waals surface area contributed by atoms with Gasteiger partial charge >= 0.3 is 0 Å². The van der Waals surface area contributed by atoms with Gasteiger partial charge in [-0.05, 0) is 43.3 Å². The van der Waals surface area contributed by atoms with Crippen molar-refractivity contribution in [3.63, 3.8) is 0 Å². The van der Waals surface area contributed by atoms with Gasteiger partial charge in [0.2, 0.25) is 5.62 Å². The summed E-state index contributed by atoms with van der Waals surface area (Å²) in [6, 6.07) is 14.9. The Morgan fingerprint density at radius 2 is 1.71 bits per heavy atom. The SMILES string of the molecule is CCn1c(=N)n(C[C@@H](O)COc2ccc(Cl)cc2)c2ccccc21. The smallest absolute Gasteiger partial charge is 0.203 e. The van der Waals surface area contributed by atoms with Crippen molar-refractivity contribution in [2.24, 2.45) is 0 Å². The van der Waals surface area contributed by atoms with Gasteiger partial charge in [0.05, 0.1) is 17.6 Å². The van der Waals surface area contributed by atoms with Crippen LogP contribution in [0.5, 0.6) is 5.75 Å². The van der Waals surface area contributed by atoms with E-state index < -0.39 is 6.10 Å². The molecule has 1 heterocycles. The van der Waals surface area contributed by atoms with E-state index in [-0.39, 0.29) is 6.61 Å². The van der Waals surface area contributed by atoms with Crippen LogP contribution in [0, 0.1) is 5.41 Å². The third kappa shape index (κ3) is 3.32. The molecule has 0 fully saturated rings. The Morgan fingerprint density at radius 1 is 1.08 bits per heavy atom. The molecule has 0 aliphatic carbocycles. The van der Waals surface area contributed by atoms with E-state index in [1.807, 2.05) is 40.3 Å². The van der Waals surface area contributed by atoms with Crippen LogP contribution in [-0.4, -0.2) is 27.0 Å². The quantitative estimate of drug-likeness (QED) is 0.721. The van der Waals surface area contributed by atoms with Gasteiger partial charge in [0.15, 0.2) is 0 Å². The summed E-state index contributed by atoms with van der Waals surface area (Å²) in [6.07, 6.45) is -0.717. The summed E-state index contributed by atoms with van der Waals surface area (Å²) in [5.74, 6) is 0.658. The first kappa shape index (κ1) is 16.6. The molecule has 0 saturated heterocycles. The van der Waals surface area contributed by atoms with E-state index in [0.717, 1.165) is 11.0 Å². The number of nitrogens with one attached hydrogen (secondary N) is 1. The summed E-state index contributed by atoms with van der Waals surface area (Å²) in [5.41, 5.74) is 2.31. The molecule has 5 nitrogen and oxygen atoms in total. The number of imidazole rings is 1. The number of hydrogen-bond acceptors (Lipinski definition) is 3. The van der Waals surface area contributed by atoms with Gasteiger partial charge in [-0.25, -0.2) is 0 Å². The number of aliphatic hydroxyl groups is 1. The minimum atomic E-state index is -0.717. The highest BCUT2D eigenvalue weighted by Crippen LogP contribution is 2.16. The number of para-hydroxylation sites is 2. The van der Waals surface area contributed by atoms with Crippen LogP contribution < -0.4 is 10.4 Å². The monoisotopic (exact) mass is 345 g/mol. The van der Waals surface area contributed by atoms with Gasteiger partial charge in [0, 0.05) is 11.6 Å². The molecule has 2 aromatic carbocycles. The standard InChI is InChI=1S/C18H20ClN3O2/c1-2-21-16-5-3-4-6-17(16)22(18(21)20)11-14(23)12-24-15-9-7-13(19)8-10-15/h3-10,14,20,23H,2,11-12H2,1H3/t14-/m1/s1. The molecule has 3 aromatic rings. The largest absolute Gasteiger partial charge is 0.491 e. The molecule has 0 aliphatic rings. The van der Waals surface area contributed by atoms with Gasteiger partial charge in [-0.3, -0.25) is 5.41 Å².